The molecule has 1 N–H and O–H groups in total. The van der Waals surface area contributed by atoms with E-state index in [0.29, 0.717) is 31.1 Å². The second-order valence-electron chi connectivity index (χ2n) is 10.2. The summed E-state index contributed by atoms with van der Waals surface area (Å²) >= 11 is 0. The fourth-order valence-electron chi connectivity index (χ4n) is 4.80. The summed E-state index contributed by atoms with van der Waals surface area (Å²) in [5.74, 6) is -0.199. The summed E-state index contributed by atoms with van der Waals surface area (Å²) in [6.45, 7) is 4.26. The lowest BCUT2D eigenvalue weighted by Crippen LogP contribution is -2.52. The van der Waals surface area contributed by atoms with Crippen LogP contribution in [-0.4, -0.2) is 64.6 Å². The van der Waals surface area contributed by atoms with Crippen molar-refractivity contribution >= 4 is 27.5 Å². The Labute approximate surface area is 257 Å². The number of halogens is 1. The molecule has 0 fully saturated rings. The molecule has 2 amide bonds. The van der Waals surface area contributed by atoms with Crippen LogP contribution in [0.2, 0.25) is 0 Å². The van der Waals surface area contributed by atoms with Gasteiger partial charge in [0.1, 0.15) is 37.4 Å². The normalized spacial score (nSPS) is 13.1. The maximum absolute atomic E-state index is 14.2. The first-order valence-electron chi connectivity index (χ1n) is 14.6. The van der Waals surface area contributed by atoms with E-state index in [1.165, 1.54) is 35.2 Å². The molecular weight excluding hydrogens is 589 g/mol. The molecule has 0 saturated carbocycles. The Balaban J connectivity index is 1.72. The number of hydrogen-bond donors (Lipinski definition) is 1. The maximum Gasteiger partial charge on any atom is 0.264 e. The van der Waals surface area contributed by atoms with Crippen LogP contribution in [0.25, 0.3) is 0 Å². The average molecular weight is 628 g/mol. The molecule has 0 aliphatic carbocycles. The Hall–Kier alpha value is -4.32. The fraction of sp³-hybridized carbons (Fsp3) is 0.375. The lowest BCUT2D eigenvalue weighted by Gasteiger charge is -2.33. The highest BCUT2D eigenvalue weighted by Crippen LogP contribution is 2.34. The SMILES string of the molecule is CCCCNC(=O)C(CC)N(Cc1ccc(OC)cc1)C(=O)CN(c1ccc(F)cc1)S(=O)(=O)c1ccc2c(c1)OCCO2. The molecule has 0 aromatic heterocycles. The number of hydrogen-bond acceptors (Lipinski definition) is 7. The number of ether oxygens (including phenoxy) is 3. The van der Waals surface area contributed by atoms with Crippen molar-refractivity contribution in [3.63, 3.8) is 0 Å². The van der Waals surface area contributed by atoms with Crippen LogP contribution in [0.3, 0.4) is 0 Å². The quantitative estimate of drug-likeness (QED) is 0.262. The van der Waals surface area contributed by atoms with Crippen LogP contribution in [0.5, 0.6) is 17.2 Å². The van der Waals surface area contributed by atoms with Crippen molar-refractivity contribution in [2.75, 3.05) is 37.7 Å². The summed E-state index contributed by atoms with van der Waals surface area (Å²) in [6.07, 6.45) is 1.96. The number of anilines is 1. The number of benzene rings is 3. The first-order chi connectivity index (χ1) is 21.2. The smallest absolute Gasteiger partial charge is 0.264 e. The molecule has 12 heteroatoms. The van der Waals surface area contributed by atoms with Crippen LogP contribution in [0.1, 0.15) is 38.7 Å². The lowest BCUT2D eigenvalue weighted by atomic mass is 10.1. The Morgan fingerprint density at radius 2 is 1.66 bits per heavy atom. The largest absolute Gasteiger partial charge is 0.497 e. The van der Waals surface area contributed by atoms with E-state index in [2.05, 4.69) is 5.32 Å². The van der Waals surface area contributed by atoms with Gasteiger partial charge in [-0.1, -0.05) is 32.4 Å². The van der Waals surface area contributed by atoms with Gasteiger partial charge < -0.3 is 24.4 Å². The van der Waals surface area contributed by atoms with Crippen LogP contribution in [-0.2, 0) is 26.2 Å². The number of amides is 2. The van der Waals surface area contributed by atoms with E-state index in [4.69, 9.17) is 14.2 Å². The van der Waals surface area contributed by atoms with Crippen molar-refractivity contribution in [2.45, 2.75) is 50.6 Å². The zero-order valence-electron chi connectivity index (χ0n) is 25.1. The average Bonchev–Trinajstić information content (AvgIpc) is 3.04. The molecule has 1 unspecified atom stereocenters. The number of nitrogens with zero attached hydrogens (tertiary/aromatic N) is 2. The van der Waals surface area contributed by atoms with Gasteiger partial charge in [0.05, 0.1) is 17.7 Å². The number of nitrogens with one attached hydrogen (secondary N) is 1. The number of carbonyl (C=O) groups excluding carboxylic acids is 2. The predicted molar refractivity (Wildman–Crippen MR) is 164 cm³/mol. The van der Waals surface area contributed by atoms with Crippen LogP contribution < -0.4 is 23.8 Å². The zero-order valence-corrected chi connectivity index (χ0v) is 25.9. The number of sulfonamides is 1. The molecule has 1 aliphatic heterocycles. The molecule has 0 radical (unpaired) electrons. The fourth-order valence-corrected chi connectivity index (χ4v) is 6.23. The number of unbranched alkanes of at least 4 members (excludes halogenated alkanes) is 1. The maximum atomic E-state index is 14.2. The van der Waals surface area contributed by atoms with E-state index in [9.17, 15) is 22.4 Å². The second-order valence-corrected chi connectivity index (χ2v) is 12.1. The third-order valence-electron chi connectivity index (χ3n) is 7.22. The van der Waals surface area contributed by atoms with Gasteiger partial charge >= 0.3 is 0 Å². The lowest BCUT2D eigenvalue weighted by molar-refractivity contribution is -0.140. The minimum absolute atomic E-state index is 0.0455. The number of methoxy groups -OCH3 is 1. The summed E-state index contributed by atoms with van der Waals surface area (Å²) < 4.78 is 59.4. The summed E-state index contributed by atoms with van der Waals surface area (Å²) in [6, 6.07) is 15.2. The van der Waals surface area contributed by atoms with Gasteiger partial charge in [-0.3, -0.25) is 13.9 Å². The molecule has 4 rings (SSSR count). The van der Waals surface area contributed by atoms with Crippen LogP contribution in [0.15, 0.2) is 71.6 Å². The van der Waals surface area contributed by atoms with Gasteiger partial charge in [0.2, 0.25) is 11.8 Å². The van der Waals surface area contributed by atoms with Crippen molar-refractivity contribution in [2.24, 2.45) is 0 Å². The summed E-state index contributed by atoms with van der Waals surface area (Å²) in [5.41, 5.74) is 0.807. The molecule has 3 aromatic carbocycles. The molecule has 0 spiro atoms. The Bertz CT molecular complexity index is 1530. The van der Waals surface area contributed by atoms with Crippen molar-refractivity contribution in [1.82, 2.24) is 10.2 Å². The number of carbonyl (C=O) groups is 2. The predicted octanol–water partition coefficient (Wildman–Crippen LogP) is 4.52. The van der Waals surface area contributed by atoms with Gasteiger partial charge in [-0.2, -0.15) is 0 Å². The van der Waals surface area contributed by atoms with Crippen molar-refractivity contribution in [3.05, 3.63) is 78.1 Å². The topological polar surface area (TPSA) is 114 Å². The first-order valence-corrected chi connectivity index (χ1v) is 16.0. The van der Waals surface area contributed by atoms with Gasteiger partial charge in [-0.05, 0) is 66.9 Å². The third-order valence-corrected chi connectivity index (χ3v) is 8.99. The van der Waals surface area contributed by atoms with Crippen LogP contribution >= 0.6 is 0 Å². The van der Waals surface area contributed by atoms with Crippen LogP contribution in [0, 0.1) is 5.82 Å². The molecule has 44 heavy (non-hydrogen) atoms. The van der Waals surface area contributed by atoms with E-state index in [-0.39, 0.29) is 35.4 Å². The van der Waals surface area contributed by atoms with Crippen molar-refractivity contribution < 1.29 is 36.6 Å². The van der Waals surface area contributed by atoms with Gasteiger partial charge in [0.25, 0.3) is 10.0 Å². The summed E-state index contributed by atoms with van der Waals surface area (Å²) in [7, 11) is -2.82. The van der Waals surface area contributed by atoms with Crippen molar-refractivity contribution in [3.8, 4) is 17.2 Å². The Morgan fingerprint density at radius 1 is 0.977 bits per heavy atom. The third kappa shape index (κ3) is 7.79. The molecule has 1 heterocycles. The molecule has 1 atom stereocenters. The molecule has 10 nitrogen and oxygen atoms in total. The summed E-state index contributed by atoms with van der Waals surface area (Å²) in [4.78, 5) is 28.7. The standard InChI is InChI=1S/C32H38FN3O7S/c1-4-6-17-34-32(38)28(5-2)35(21-23-7-13-26(41-3)14-8-23)31(37)22-36(25-11-9-24(33)10-12-25)44(39,40)27-15-16-29-30(20-27)43-19-18-42-29/h7-16,20,28H,4-6,17-19,21-22H2,1-3H3,(H,34,38). The van der Waals surface area contributed by atoms with E-state index >= 15 is 0 Å². The molecule has 236 valence electrons. The van der Waals surface area contributed by atoms with E-state index in [1.807, 2.05) is 6.92 Å². The molecular formula is C32H38FN3O7S. The summed E-state index contributed by atoms with van der Waals surface area (Å²) in [5, 5.41) is 2.90. The van der Waals surface area contributed by atoms with E-state index in [0.717, 1.165) is 34.8 Å². The van der Waals surface area contributed by atoms with Gasteiger partial charge in [-0.15, -0.1) is 0 Å². The minimum atomic E-state index is -4.37. The minimum Gasteiger partial charge on any atom is -0.497 e. The number of rotatable bonds is 14. The first kappa shape index (κ1) is 32.6. The highest BCUT2D eigenvalue weighted by molar-refractivity contribution is 7.92. The zero-order chi connectivity index (χ0) is 31.7. The molecule has 3 aromatic rings. The highest BCUT2D eigenvalue weighted by atomic mass is 32.2. The van der Waals surface area contributed by atoms with Gasteiger partial charge in [-0.25, -0.2) is 12.8 Å². The Morgan fingerprint density at radius 3 is 2.30 bits per heavy atom. The van der Waals surface area contributed by atoms with Gasteiger partial charge in [0, 0.05) is 19.2 Å². The second kappa shape index (κ2) is 14.9. The highest BCUT2D eigenvalue weighted by Gasteiger charge is 2.34. The molecule has 0 saturated heterocycles. The monoisotopic (exact) mass is 627 g/mol. The van der Waals surface area contributed by atoms with Gasteiger partial charge in [0.15, 0.2) is 11.5 Å². The molecule has 0 bridgehead atoms. The van der Waals surface area contributed by atoms with Crippen molar-refractivity contribution in [1.29, 1.82) is 0 Å². The van der Waals surface area contributed by atoms with E-state index < -0.39 is 34.3 Å². The van der Waals surface area contributed by atoms with E-state index in [1.54, 1.807) is 38.3 Å². The number of fused-ring (bicyclic) bond motifs is 1. The molecule has 1 aliphatic rings. The Kier molecular flexibility index (Phi) is 11.0. The van der Waals surface area contributed by atoms with Crippen LogP contribution in [0.4, 0.5) is 10.1 Å².